The highest BCUT2D eigenvalue weighted by atomic mass is 19.1. The number of hydrogen-bond acceptors (Lipinski definition) is 3. The average molecular weight is 387 g/mol. The van der Waals surface area contributed by atoms with Gasteiger partial charge in [-0.05, 0) is 61.2 Å². The highest BCUT2D eigenvalue weighted by Gasteiger charge is 2.19. The van der Waals surface area contributed by atoms with Gasteiger partial charge < -0.3 is 0 Å². The Kier molecular flexibility index (Phi) is 5.74. The molecule has 0 saturated heterocycles. The number of aromatic nitrogens is 3. The molecule has 3 aromatic rings. The zero-order valence-corrected chi connectivity index (χ0v) is 16.7. The Morgan fingerprint density at radius 1 is 1.34 bits per heavy atom. The van der Waals surface area contributed by atoms with E-state index in [9.17, 15) is 9.18 Å². The fourth-order valence-electron chi connectivity index (χ4n) is 3.40. The lowest BCUT2D eigenvalue weighted by Crippen LogP contribution is -2.25. The fourth-order valence-corrected chi connectivity index (χ4v) is 3.40. The maximum atomic E-state index is 13.8. The van der Waals surface area contributed by atoms with E-state index in [4.69, 9.17) is 6.42 Å². The Bertz CT molecular complexity index is 1210. The highest BCUT2D eigenvalue weighted by Crippen LogP contribution is 2.22. The molecule has 2 aromatic heterocycles. The van der Waals surface area contributed by atoms with Crippen molar-refractivity contribution in [2.75, 3.05) is 0 Å². The summed E-state index contributed by atoms with van der Waals surface area (Å²) in [5.74, 6) is 2.32. The Labute approximate surface area is 169 Å². The molecule has 2 heterocycles. The lowest BCUT2D eigenvalue weighted by Gasteiger charge is -2.16. The van der Waals surface area contributed by atoms with Crippen LogP contribution in [0.4, 0.5) is 4.39 Å². The monoisotopic (exact) mass is 387 g/mol. The minimum atomic E-state index is -0.496. The first-order valence-electron chi connectivity index (χ1n) is 9.27. The molecule has 0 saturated carbocycles. The van der Waals surface area contributed by atoms with E-state index < -0.39 is 5.92 Å². The van der Waals surface area contributed by atoms with Crippen LogP contribution in [0.15, 0.2) is 53.9 Å². The van der Waals surface area contributed by atoms with Crippen molar-refractivity contribution in [2.45, 2.75) is 26.2 Å². The zero-order valence-electron chi connectivity index (χ0n) is 16.7. The molecule has 29 heavy (non-hydrogen) atoms. The van der Waals surface area contributed by atoms with Gasteiger partial charge in [-0.3, -0.25) is 9.36 Å². The maximum Gasteiger partial charge on any atom is 0.262 e. The number of allylic oxidation sites excluding steroid dienone is 3. The molecule has 146 valence electrons. The number of nitrogens with zero attached hydrogens (tertiary/aromatic N) is 3. The van der Waals surface area contributed by atoms with Gasteiger partial charge in [0.2, 0.25) is 0 Å². The topological polar surface area (TPSA) is 47.8 Å². The van der Waals surface area contributed by atoms with Gasteiger partial charge in [-0.25, -0.2) is 14.4 Å². The molecule has 0 aliphatic heterocycles. The number of pyridine rings is 1. The molecule has 0 amide bonds. The standard InChI is InChI=1S/C24H22FN3O/c1-6-17(7-2)21-10-9-20-22(26-21)27-23(28(5)24(20)29)18(8-3)13-16-11-15(4)12-19(25)14-16/h3,6-7,9-12,14,18H,1,13H2,2,4-5H3/b17-7+/t18-/m0/s1. The molecule has 0 aliphatic rings. The predicted molar refractivity (Wildman–Crippen MR) is 115 cm³/mol. The van der Waals surface area contributed by atoms with Gasteiger partial charge in [0.25, 0.3) is 5.56 Å². The first kappa shape index (κ1) is 20.2. The predicted octanol–water partition coefficient (Wildman–Crippen LogP) is 4.32. The highest BCUT2D eigenvalue weighted by molar-refractivity contribution is 5.79. The van der Waals surface area contributed by atoms with E-state index in [0.29, 0.717) is 29.0 Å². The summed E-state index contributed by atoms with van der Waals surface area (Å²) in [6.45, 7) is 7.50. The molecule has 0 bridgehead atoms. The third-order valence-electron chi connectivity index (χ3n) is 4.86. The van der Waals surface area contributed by atoms with Gasteiger partial charge in [-0.2, -0.15) is 0 Å². The number of terminal acetylenes is 1. The van der Waals surface area contributed by atoms with Gasteiger partial charge in [0.05, 0.1) is 17.0 Å². The van der Waals surface area contributed by atoms with E-state index in [1.165, 1.54) is 16.7 Å². The Hall–Kier alpha value is -3.52. The van der Waals surface area contributed by atoms with Gasteiger partial charge >= 0.3 is 0 Å². The van der Waals surface area contributed by atoms with Crippen LogP contribution >= 0.6 is 0 Å². The van der Waals surface area contributed by atoms with E-state index in [-0.39, 0.29) is 11.4 Å². The van der Waals surface area contributed by atoms with Crippen LogP contribution in [0.3, 0.4) is 0 Å². The molecular weight excluding hydrogens is 365 g/mol. The largest absolute Gasteiger partial charge is 0.298 e. The Morgan fingerprint density at radius 2 is 2.10 bits per heavy atom. The van der Waals surface area contributed by atoms with E-state index in [1.807, 2.05) is 26.0 Å². The van der Waals surface area contributed by atoms with Crippen LogP contribution in [0.25, 0.3) is 16.6 Å². The number of benzene rings is 1. The molecule has 3 rings (SSSR count). The molecule has 0 aliphatic carbocycles. The van der Waals surface area contributed by atoms with Gasteiger partial charge in [0.15, 0.2) is 5.65 Å². The SMILES string of the molecule is C#C[C@@H](Cc1cc(C)cc(F)c1)c1nc2nc(/C(C=C)=C/C)ccc2c(=O)n1C. The van der Waals surface area contributed by atoms with Crippen molar-refractivity contribution in [1.82, 2.24) is 14.5 Å². The van der Waals surface area contributed by atoms with Crippen LogP contribution in [0.2, 0.25) is 0 Å². The Balaban J connectivity index is 2.13. The van der Waals surface area contributed by atoms with Crippen molar-refractivity contribution in [3.63, 3.8) is 0 Å². The maximum absolute atomic E-state index is 13.8. The number of halogens is 1. The molecule has 1 aromatic carbocycles. The third kappa shape index (κ3) is 4.02. The van der Waals surface area contributed by atoms with Crippen LogP contribution in [0.5, 0.6) is 0 Å². The summed E-state index contributed by atoms with van der Waals surface area (Å²) in [7, 11) is 1.64. The molecule has 0 radical (unpaired) electrons. The van der Waals surface area contributed by atoms with E-state index >= 15 is 0 Å². The van der Waals surface area contributed by atoms with Gasteiger partial charge in [-0.15, -0.1) is 6.42 Å². The lowest BCUT2D eigenvalue weighted by molar-refractivity contribution is 0.621. The summed E-state index contributed by atoms with van der Waals surface area (Å²) >= 11 is 0. The number of fused-ring (bicyclic) bond motifs is 1. The third-order valence-corrected chi connectivity index (χ3v) is 4.86. The quantitative estimate of drug-likeness (QED) is 0.484. The molecule has 0 fully saturated rings. The van der Waals surface area contributed by atoms with Gasteiger partial charge in [-0.1, -0.05) is 30.7 Å². The summed E-state index contributed by atoms with van der Waals surface area (Å²) in [6, 6.07) is 8.28. The summed E-state index contributed by atoms with van der Waals surface area (Å²) in [4.78, 5) is 22.0. The average Bonchev–Trinajstić information content (AvgIpc) is 2.69. The van der Waals surface area contributed by atoms with Gasteiger partial charge in [0.1, 0.15) is 11.6 Å². The van der Waals surface area contributed by atoms with Crippen molar-refractivity contribution in [1.29, 1.82) is 0 Å². The number of rotatable bonds is 5. The molecule has 0 unspecified atom stereocenters. The number of aryl methyl sites for hydroxylation is 1. The van der Waals surface area contributed by atoms with Crippen molar-refractivity contribution < 1.29 is 4.39 Å². The van der Waals surface area contributed by atoms with Crippen LogP contribution in [0.1, 0.15) is 35.5 Å². The zero-order chi connectivity index (χ0) is 21.1. The molecule has 4 nitrogen and oxygen atoms in total. The summed E-state index contributed by atoms with van der Waals surface area (Å²) in [5, 5.41) is 0.414. The molecular formula is C24H22FN3O. The van der Waals surface area contributed by atoms with E-state index in [2.05, 4.69) is 22.5 Å². The summed E-state index contributed by atoms with van der Waals surface area (Å²) < 4.78 is 15.2. The minimum Gasteiger partial charge on any atom is -0.298 e. The lowest BCUT2D eigenvalue weighted by atomic mass is 9.97. The summed E-state index contributed by atoms with van der Waals surface area (Å²) in [6.07, 6.45) is 9.73. The normalized spacial score (nSPS) is 12.6. The second-order valence-electron chi connectivity index (χ2n) is 6.91. The van der Waals surface area contributed by atoms with Crippen molar-refractivity contribution in [2.24, 2.45) is 7.05 Å². The van der Waals surface area contributed by atoms with Crippen molar-refractivity contribution in [3.05, 3.63) is 87.9 Å². The smallest absolute Gasteiger partial charge is 0.262 e. The van der Waals surface area contributed by atoms with Crippen molar-refractivity contribution >= 4 is 16.6 Å². The van der Waals surface area contributed by atoms with E-state index in [1.54, 1.807) is 25.3 Å². The second kappa shape index (κ2) is 8.24. The molecule has 1 atom stereocenters. The second-order valence-corrected chi connectivity index (χ2v) is 6.91. The van der Waals surface area contributed by atoms with E-state index in [0.717, 1.165) is 16.7 Å². The van der Waals surface area contributed by atoms with Crippen LogP contribution < -0.4 is 5.56 Å². The minimum absolute atomic E-state index is 0.222. The van der Waals surface area contributed by atoms with Crippen molar-refractivity contribution in [3.8, 4) is 12.3 Å². The Morgan fingerprint density at radius 3 is 2.72 bits per heavy atom. The summed E-state index contributed by atoms with van der Waals surface area (Å²) in [5.41, 5.74) is 3.20. The van der Waals surface area contributed by atoms with Crippen LogP contribution in [-0.4, -0.2) is 14.5 Å². The fraction of sp³-hybridized carbons (Fsp3) is 0.208. The molecule has 5 heteroatoms. The first-order chi connectivity index (χ1) is 13.9. The molecule has 0 N–H and O–H groups in total. The molecule has 0 spiro atoms. The van der Waals surface area contributed by atoms with Gasteiger partial charge in [0, 0.05) is 7.05 Å². The van der Waals surface area contributed by atoms with Crippen LogP contribution in [0, 0.1) is 25.1 Å². The number of hydrogen-bond donors (Lipinski definition) is 0. The first-order valence-corrected chi connectivity index (χ1v) is 9.27. The van der Waals surface area contributed by atoms with Crippen LogP contribution in [-0.2, 0) is 13.5 Å².